The highest BCUT2D eigenvalue weighted by Gasteiger charge is 2.06. The molecule has 1 heterocycles. The van der Waals surface area contributed by atoms with E-state index in [-0.39, 0.29) is 11.7 Å². The van der Waals surface area contributed by atoms with Gasteiger partial charge in [0.25, 0.3) is 0 Å². The third-order valence-corrected chi connectivity index (χ3v) is 3.76. The molecule has 2 aromatic rings. The first-order valence-electron chi connectivity index (χ1n) is 4.51. The molecule has 1 aromatic carbocycles. The lowest BCUT2D eigenvalue weighted by molar-refractivity contribution is 0.619. The Morgan fingerprint density at radius 2 is 2.14 bits per heavy atom. The van der Waals surface area contributed by atoms with Crippen molar-refractivity contribution in [3.05, 3.63) is 34.5 Å². The van der Waals surface area contributed by atoms with Crippen molar-refractivity contribution in [3.63, 3.8) is 0 Å². The summed E-state index contributed by atoms with van der Waals surface area (Å²) in [6, 6.07) is 5.46. The third-order valence-electron chi connectivity index (χ3n) is 2.23. The Bertz CT molecular complexity index is 462. The van der Waals surface area contributed by atoms with E-state index in [1.54, 1.807) is 17.4 Å². The van der Waals surface area contributed by atoms with Gasteiger partial charge in [0, 0.05) is 15.1 Å². The first-order chi connectivity index (χ1) is 6.74. The second-order valence-electron chi connectivity index (χ2n) is 3.18. The predicted octanol–water partition coefficient (Wildman–Crippen LogP) is 4.34. The Morgan fingerprint density at radius 1 is 1.36 bits per heavy atom. The molecular weight excluding hydrogens is 219 g/mol. The Balaban J connectivity index is 2.64. The van der Waals surface area contributed by atoms with Crippen molar-refractivity contribution in [2.45, 2.75) is 19.2 Å². The van der Waals surface area contributed by atoms with Gasteiger partial charge in [-0.3, -0.25) is 0 Å². The lowest BCUT2D eigenvalue weighted by Gasteiger charge is -1.97. The molecule has 14 heavy (non-hydrogen) atoms. The molecule has 3 heteroatoms. The van der Waals surface area contributed by atoms with Crippen molar-refractivity contribution in [2.75, 3.05) is 0 Å². The average Bonchev–Trinajstić information content (AvgIpc) is 2.58. The molecule has 0 nitrogen and oxygen atoms in total. The molecule has 0 radical (unpaired) electrons. The van der Waals surface area contributed by atoms with Crippen molar-refractivity contribution in [1.82, 2.24) is 0 Å². The van der Waals surface area contributed by atoms with Crippen LogP contribution in [0.3, 0.4) is 0 Å². The first-order valence-corrected chi connectivity index (χ1v) is 5.86. The van der Waals surface area contributed by atoms with Crippen LogP contribution in [0.2, 0.25) is 0 Å². The lowest BCUT2D eigenvalue weighted by atomic mass is 10.2. The summed E-state index contributed by atoms with van der Waals surface area (Å²) in [5.74, 6) is 0.0363. The maximum absolute atomic E-state index is 13.4. The monoisotopic (exact) mass is 228 g/mol. The van der Waals surface area contributed by atoms with Gasteiger partial charge in [-0.1, -0.05) is 6.92 Å². The molecule has 0 aliphatic carbocycles. The summed E-state index contributed by atoms with van der Waals surface area (Å²) in [6.45, 7) is 2.10. The Kier molecular flexibility index (Phi) is 2.75. The molecular formula is C11H10ClFS. The number of benzene rings is 1. The van der Waals surface area contributed by atoms with E-state index < -0.39 is 0 Å². The molecule has 0 N–H and O–H groups in total. The summed E-state index contributed by atoms with van der Waals surface area (Å²) in [4.78, 5) is 1.28. The average molecular weight is 229 g/mol. The molecule has 0 saturated heterocycles. The SMILES string of the molecule is CCc1cc2cc(F)c(CCl)cc2s1. The summed E-state index contributed by atoms with van der Waals surface area (Å²) in [5.41, 5.74) is 0.587. The second kappa shape index (κ2) is 3.87. The van der Waals surface area contributed by atoms with E-state index in [4.69, 9.17) is 11.6 Å². The fraction of sp³-hybridized carbons (Fsp3) is 0.273. The standard InChI is InChI=1S/C11H10ClFS/c1-2-9-3-7-4-10(13)8(6-12)5-11(7)14-9/h3-5H,2,6H2,1H3. The number of alkyl halides is 1. The molecule has 1 aromatic heterocycles. The molecule has 0 aliphatic rings. The van der Waals surface area contributed by atoms with Crippen LogP contribution in [0.15, 0.2) is 18.2 Å². The van der Waals surface area contributed by atoms with Crippen molar-refractivity contribution < 1.29 is 4.39 Å². The van der Waals surface area contributed by atoms with Gasteiger partial charge in [-0.05, 0) is 30.0 Å². The maximum atomic E-state index is 13.4. The zero-order valence-electron chi connectivity index (χ0n) is 7.81. The van der Waals surface area contributed by atoms with E-state index in [1.165, 1.54) is 4.88 Å². The molecule has 0 aliphatic heterocycles. The van der Waals surface area contributed by atoms with Crippen LogP contribution < -0.4 is 0 Å². The van der Waals surface area contributed by atoms with Gasteiger partial charge in [0.2, 0.25) is 0 Å². The highest BCUT2D eigenvalue weighted by molar-refractivity contribution is 7.19. The largest absolute Gasteiger partial charge is 0.207 e. The summed E-state index contributed by atoms with van der Waals surface area (Å²) in [7, 11) is 0. The molecule has 0 fully saturated rings. The quantitative estimate of drug-likeness (QED) is 0.671. The minimum Gasteiger partial charge on any atom is -0.207 e. The minimum absolute atomic E-state index is 0.201. The van der Waals surface area contributed by atoms with Crippen LogP contribution in [-0.2, 0) is 12.3 Å². The molecule has 0 unspecified atom stereocenters. The first kappa shape index (κ1) is 9.94. The molecule has 0 spiro atoms. The van der Waals surface area contributed by atoms with Gasteiger partial charge in [0.1, 0.15) is 5.82 Å². The lowest BCUT2D eigenvalue weighted by Crippen LogP contribution is -1.83. The van der Waals surface area contributed by atoms with Gasteiger partial charge in [0.05, 0.1) is 5.88 Å². The van der Waals surface area contributed by atoms with Crippen molar-refractivity contribution in [3.8, 4) is 0 Å². The van der Waals surface area contributed by atoms with Gasteiger partial charge in [-0.25, -0.2) is 4.39 Å². The van der Waals surface area contributed by atoms with E-state index in [0.29, 0.717) is 5.56 Å². The van der Waals surface area contributed by atoms with Crippen LogP contribution in [0.5, 0.6) is 0 Å². The van der Waals surface area contributed by atoms with Crippen molar-refractivity contribution in [2.24, 2.45) is 0 Å². The van der Waals surface area contributed by atoms with Crippen molar-refractivity contribution in [1.29, 1.82) is 0 Å². The summed E-state index contributed by atoms with van der Waals surface area (Å²) >= 11 is 7.35. The van der Waals surface area contributed by atoms with Crippen LogP contribution >= 0.6 is 22.9 Å². The van der Waals surface area contributed by atoms with Gasteiger partial charge in [-0.15, -0.1) is 22.9 Å². The number of fused-ring (bicyclic) bond motifs is 1. The number of hydrogen-bond donors (Lipinski definition) is 0. The molecule has 74 valence electrons. The van der Waals surface area contributed by atoms with Gasteiger partial charge < -0.3 is 0 Å². The van der Waals surface area contributed by atoms with Crippen LogP contribution in [0.1, 0.15) is 17.4 Å². The topological polar surface area (TPSA) is 0 Å². The Hall–Kier alpha value is -0.600. The molecule has 0 amide bonds. The number of thiophene rings is 1. The van der Waals surface area contributed by atoms with Gasteiger partial charge in [0.15, 0.2) is 0 Å². The highest BCUT2D eigenvalue weighted by Crippen LogP contribution is 2.28. The van der Waals surface area contributed by atoms with E-state index in [1.807, 2.05) is 12.1 Å². The zero-order chi connectivity index (χ0) is 10.1. The molecule has 0 saturated carbocycles. The number of aryl methyl sites for hydroxylation is 1. The molecule has 2 rings (SSSR count). The summed E-state index contributed by atoms with van der Waals surface area (Å²) in [6.07, 6.45) is 0.997. The summed E-state index contributed by atoms with van der Waals surface area (Å²) in [5, 5.41) is 0.984. The fourth-order valence-corrected chi connectivity index (χ4v) is 2.69. The fourth-order valence-electron chi connectivity index (χ4n) is 1.43. The van der Waals surface area contributed by atoms with Crippen LogP contribution in [-0.4, -0.2) is 0 Å². The van der Waals surface area contributed by atoms with Crippen LogP contribution in [0.4, 0.5) is 4.39 Å². The van der Waals surface area contributed by atoms with E-state index in [9.17, 15) is 4.39 Å². The zero-order valence-corrected chi connectivity index (χ0v) is 9.38. The van der Waals surface area contributed by atoms with Crippen molar-refractivity contribution >= 4 is 33.0 Å². The molecule has 0 atom stereocenters. The predicted molar refractivity (Wildman–Crippen MR) is 60.7 cm³/mol. The number of halogens is 2. The third kappa shape index (κ3) is 1.64. The number of hydrogen-bond acceptors (Lipinski definition) is 1. The van der Waals surface area contributed by atoms with E-state index in [0.717, 1.165) is 16.5 Å². The van der Waals surface area contributed by atoms with E-state index in [2.05, 4.69) is 6.92 Å². The highest BCUT2D eigenvalue weighted by atomic mass is 35.5. The molecule has 0 bridgehead atoms. The smallest absolute Gasteiger partial charge is 0.128 e. The van der Waals surface area contributed by atoms with Crippen LogP contribution in [0.25, 0.3) is 10.1 Å². The number of rotatable bonds is 2. The van der Waals surface area contributed by atoms with Gasteiger partial charge in [-0.2, -0.15) is 0 Å². The Labute approximate surface area is 91.3 Å². The van der Waals surface area contributed by atoms with Gasteiger partial charge >= 0.3 is 0 Å². The second-order valence-corrected chi connectivity index (χ2v) is 4.62. The maximum Gasteiger partial charge on any atom is 0.128 e. The summed E-state index contributed by atoms with van der Waals surface area (Å²) < 4.78 is 14.5. The minimum atomic E-state index is -0.201. The van der Waals surface area contributed by atoms with E-state index >= 15 is 0 Å². The normalized spacial score (nSPS) is 11.1. The Morgan fingerprint density at radius 3 is 2.79 bits per heavy atom. The van der Waals surface area contributed by atoms with Crippen LogP contribution in [0, 0.1) is 5.82 Å².